The zero-order valence-electron chi connectivity index (χ0n) is 11.5. The van der Waals surface area contributed by atoms with E-state index in [-0.39, 0.29) is 10.6 Å². The maximum atomic E-state index is 13.4. The molecule has 0 saturated heterocycles. The minimum Gasteiger partial charge on any atom is -0.281 e. The van der Waals surface area contributed by atoms with Crippen LogP contribution >= 0.6 is 8.07 Å². The normalized spacial score (nSPS) is 11.5. The Balaban J connectivity index is 2.61. The SMILES string of the molecule is CN(C)P(c1cc(F)c(F)c(F)c1)c1cc(F)c(F)c(F)c1. The first kappa shape index (κ1) is 16.8. The van der Waals surface area contributed by atoms with Crippen LogP contribution in [0.3, 0.4) is 0 Å². The highest BCUT2D eigenvalue weighted by atomic mass is 31.1. The van der Waals surface area contributed by atoms with Gasteiger partial charge < -0.3 is 0 Å². The van der Waals surface area contributed by atoms with Crippen LogP contribution in [0.1, 0.15) is 0 Å². The van der Waals surface area contributed by atoms with Gasteiger partial charge >= 0.3 is 0 Å². The molecule has 0 saturated carbocycles. The number of rotatable bonds is 3. The predicted octanol–water partition coefficient (Wildman–Crippen LogP) is 3.43. The number of hydrogen-bond donors (Lipinski definition) is 0. The summed E-state index contributed by atoms with van der Waals surface area (Å²) < 4.78 is 81.0. The molecule has 2 aromatic rings. The molecule has 0 atom stereocenters. The minimum atomic E-state index is -1.76. The van der Waals surface area contributed by atoms with Crippen molar-refractivity contribution in [2.75, 3.05) is 14.1 Å². The summed E-state index contributed by atoms with van der Waals surface area (Å²) in [6.45, 7) is 0. The molecule has 0 spiro atoms. The number of halogens is 6. The Morgan fingerprint density at radius 1 is 0.636 bits per heavy atom. The average Bonchev–Trinajstić information content (AvgIpc) is 2.41. The Kier molecular flexibility index (Phi) is 4.78. The van der Waals surface area contributed by atoms with E-state index in [1.54, 1.807) is 0 Å². The molecule has 0 heterocycles. The molecule has 0 N–H and O–H groups in total. The molecule has 0 aliphatic rings. The molecule has 8 heteroatoms. The lowest BCUT2D eigenvalue weighted by atomic mass is 10.3. The van der Waals surface area contributed by atoms with Gasteiger partial charge in [-0.05, 0) is 38.4 Å². The van der Waals surface area contributed by atoms with Crippen LogP contribution in [-0.2, 0) is 0 Å². The lowest BCUT2D eigenvalue weighted by Crippen LogP contribution is -2.25. The Labute approximate surface area is 124 Å². The second-order valence-corrected chi connectivity index (χ2v) is 7.06. The molecule has 2 rings (SSSR count). The lowest BCUT2D eigenvalue weighted by molar-refractivity contribution is 0.448. The van der Waals surface area contributed by atoms with Crippen LogP contribution in [0.5, 0.6) is 0 Å². The van der Waals surface area contributed by atoms with Gasteiger partial charge in [0.25, 0.3) is 0 Å². The van der Waals surface area contributed by atoms with Gasteiger partial charge in [-0.1, -0.05) is 0 Å². The third-order valence-corrected chi connectivity index (χ3v) is 5.12. The quantitative estimate of drug-likeness (QED) is 0.471. The summed E-state index contributed by atoms with van der Waals surface area (Å²) in [6, 6.07) is 3.01. The molecular weight excluding hydrogens is 327 g/mol. The van der Waals surface area contributed by atoms with E-state index in [1.165, 1.54) is 18.8 Å². The maximum absolute atomic E-state index is 13.4. The van der Waals surface area contributed by atoms with Crippen LogP contribution in [0.4, 0.5) is 26.3 Å². The van der Waals surface area contributed by atoms with Crippen LogP contribution in [0.15, 0.2) is 24.3 Å². The van der Waals surface area contributed by atoms with Crippen LogP contribution in [0.25, 0.3) is 0 Å². The fraction of sp³-hybridized carbons (Fsp3) is 0.143. The van der Waals surface area contributed by atoms with Crippen LogP contribution in [0, 0.1) is 34.9 Å². The van der Waals surface area contributed by atoms with Gasteiger partial charge in [0.05, 0.1) is 0 Å². The number of nitrogens with zero attached hydrogens (tertiary/aromatic N) is 1. The first-order chi connectivity index (χ1) is 10.2. The van der Waals surface area contributed by atoms with E-state index in [9.17, 15) is 26.3 Å². The molecule has 0 aliphatic carbocycles. The summed E-state index contributed by atoms with van der Waals surface area (Å²) in [5.74, 6) is -8.90. The monoisotopic (exact) mass is 337 g/mol. The van der Waals surface area contributed by atoms with Crippen molar-refractivity contribution in [2.45, 2.75) is 0 Å². The summed E-state index contributed by atoms with van der Waals surface area (Å²) >= 11 is 0. The molecular formula is C14H10F6NP. The summed E-state index contributed by atoms with van der Waals surface area (Å²) in [5, 5.41) is 0.00335. The highest BCUT2D eigenvalue weighted by Gasteiger charge is 2.23. The molecule has 0 fully saturated rings. The molecule has 0 radical (unpaired) electrons. The lowest BCUT2D eigenvalue weighted by Gasteiger charge is -2.25. The highest BCUT2D eigenvalue weighted by molar-refractivity contribution is 7.70. The molecule has 2 aromatic carbocycles. The standard InChI is InChI=1S/C14H10F6NP/c1-21(2)22(7-3-9(15)13(19)10(16)4-7)8-5-11(17)14(20)12(18)6-8/h3-6H,1-2H3. The number of benzene rings is 2. The third-order valence-electron chi connectivity index (χ3n) is 2.83. The Bertz CT molecular complexity index is 615. The highest BCUT2D eigenvalue weighted by Crippen LogP contribution is 2.37. The molecule has 22 heavy (non-hydrogen) atoms. The molecule has 0 aliphatic heterocycles. The van der Waals surface area contributed by atoms with Gasteiger partial charge in [0.2, 0.25) is 0 Å². The van der Waals surface area contributed by atoms with E-state index in [1.807, 2.05) is 0 Å². The van der Waals surface area contributed by atoms with E-state index in [0.29, 0.717) is 0 Å². The van der Waals surface area contributed by atoms with Crippen molar-refractivity contribution in [2.24, 2.45) is 0 Å². The zero-order chi connectivity index (χ0) is 16.6. The summed E-state index contributed by atoms with van der Waals surface area (Å²) in [4.78, 5) is 0. The molecule has 0 amide bonds. The Morgan fingerprint density at radius 2 is 0.909 bits per heavy atom. The maximum Gasteiger partial charge on any atom is 0.194 e. The summed E-state index contributed by atoms with van der Waals surface area (Å²) in [5.41, 5.74) is 0. The fourth-order valence-corrected chi connectivity index (χ4v) is 4.10. The van der Waals surface area contributed by atoms with Gasteiger partial charge in [-0.3, -0.25) is 4.67 Å². The second kappa shape index (κ2) is 6.26. The van der Waals surface area contributed by atoms with Crippen LogP contribution in [-0.4, -0.2) is 18.8 Å². The minimum absolute atomic E-state index is 0.00167. The number of hydrogen-bond acceptors (Lipinski definition) is 1. The second-order valence-electron chi connectivity index (χ2n) is 4.61. The van der Waals surface area contributed by atoms with Gasteiger partial charge in [0.15, 0.2) is 34.9 Å². The van der Waals surface area contributed by atoms with Crippen LogP contribution < -0.4 is 10.6 Å². The predicted molar refractivity (Wildman–Crippen MR) is 72.5 cm³/mol. The van der Waals surface area contributed by atoms with Gasteiger partial charge in [-0.2, -0.15) is 0 Å². The van der Waals surface area contributed by atoms with Gasteiger partial charge in [-0.15, -0.1) is 0 Å². The van der Waals surface area contributed by atoms with Gasteiger partial charge in [0.1, 0.15) is 0 Å². The summed E-state index contributed by atoms with van der Waals surface area (Å²) in [7, 11) is 1.28. The summed E-state index contributed by atoms with van der Waals surface area (Å²) in [6.07, 6.45) is 0. The first-order valence-corrected chi connectivity index (χ1v) is 7.28. The van der Waals surface area contributed by atoms with Crippen molar-refractivity contribution in [1.29, 1.82) is 0 Å². The van der Waals surface area contributed by atoms with Crippen molar-refractivity contribution in [3.8, 4) is 0 Å². The topological polar surface area (TPSA) is 3.24 Å². The Hall–Kier alpha value is -1.59. The smallest absolute Gasteiger partial charge is 0.194 e. The molecule has 0 unspecified atom stereocenters. The zero-order valence-corrected chi connectivity index (χ0v) is 12.4. The Morgan fingerprint density at radius 3 is 1.14 bits per heavy atom. The molecule has 0 aromatic heterocycles. The van der Waals surface area contributed by atoms with Crippen molar-refractivity contribution >= 4 is 18.7 Å². The van der Waals surface area contributed by atoms with Crippen molar-refractivity contribution in [3.05, 3.63) is 59.2 Å². The van der Waals surface area contributed by atoms with E-state index in [0.717, 1.165) is 24.3 Å². The van der Waals surface area contributed by atoms with E-state index < -0.39 is 43.0 Å². The van der Waals surface area contributed by atoms with Gasteiger partial charge in [0, 0.05) is 18.7 Å². The molecule has 0 bridgehead atoms. The molecule has 1 nitrogen and oxygen atoms in total. The largest absolute Gasteiger partial charge is 0.281 e. The average molecular weight is 337 g/mol. The van der Waals surface area contributed by atoms with Crippen molar-refractivity contribution < 1.29 is 26.3 Å². The van der Waals surface area contributed by atoms with Crippen molar-refractivity contribution in [1.82, 2.24) is 4.67 Å². The first-order valence-electron chi connectivity index (χ1n) is 5.98. The third kappa shape index (κ3) is 3.10. The van der Waals surface area contributed by atoms with Crippen molar-refractivity contribution in [3.63, 3.8) is 0 Å². The van der Waals surface area contributed by atoms with E-state index in [4.69, 9.17) is 0 Å². The van der Waals surface area contributed by atoms with Crippen LogP contribution in [0.2, 0.25) is 0 Å². The fourth-order valence-electron chi connectivity index (χ4n) is 1.94. The van der Waals surface area contributed by atoms with E-state index >= 15 is 0 Å². The molecule has 118 valence electrons. The van der Waals surface area contributed by atoms with E-state index in [2.05, 4.69) is 0 Å². The van der Waals surface area contributed by atoms with Gasteiger partial charge in [-0.25, -0.2) is 26.3 Å².